The number of hydrogen-bond donors (Lipinski definition) is 0. The first-order chi connectivity index (χ1) is 9.00. The van der Waals surface area contributed by atoms with Crippen molar-refractivity contribution in [3.8, 4) is 0 Å². The summed E-state index contributed by atoms with van der Waals surface area (Å²) in [6.45, 7) is 5.93. The number of aryl methyl sites for hydroxylation is 1. The molecule has 0 fully saturated rings. The Morgan fingerprint density at radius 3 is 2.60 bits per heavy atom. The van der Waals surface area contributed by atoms with E-state index in [2.05, 4.69) is 63.2 Å². The fourth-order valence-corrected chi connectivity index (χ4v) is 3.07. The Kier molecular flexibility index (Phi) is 6.29. The Morgan fingerprint density at radius 2 is 1.90 bits per heavy atom. The van der Waals surface area contributed by atoms with Gasteiger partial charge in [-0.15, -0.1) is 12.4 Å². The molecule has 0 atom stereocenters. The minimum absolute atomic E-state index is 0. The van der Waals surface area contributed by atoms with Gasteiger partial charge in [0.2, 0.25) is 0 Å². The van der Waals surface area contributed by atoms with Crippen LogP contribution in [0, 0.1) is 5.41 Å². The highest BCUT2D eigenvalue weighted by Crippen LogP contribution is 2.43. The zero-order valence-electron chi connectivity index (χ0n) is 13.3. The van der Waals surface area contributed by atoms with Crippen molar-refractivity contribution in [3.05, 3.63) is 41.5 Å². The summed E-state index contributed by atoms with van der Waals surface area (Å²) in [7, 11) is 4.29. The predicted molar refractivity (Wildman–Crippen MR) is 91.6 cm³/mol. The molecule has 0 unspecified atom stereocenters. The number of fused-ring (bicyclic) bond motifs is 1. The minimum Gasteiger partial charge on any atom is -0.309 e. The first-order valence-electron chi connectivity index (χ1n) is 7.44. The van der Waals surface area contributed by atoms with Crippen molar-refractivity contribution in [1.29, 1.82) is 0 Å². The molecule has 112 valence electrons. The van der Waals surface area contributed by atoms with Gasteiger partial charge in [-0.1, -0.05) is 44.2 Å². The molecule has 1 aromatic carbocycles. The molecular weight excluding hydrogens is 266 g/mol. The number of hydrogen-bond acceptors (Lipinski definition) is 1. The van der Waals surface area contributed by atoms with E-state index in [1.54, 1.807) is 5.57 Å². The van der Waals surface area contributed by atoms with Crippen LogP contribution in [0.3, 0.4) is 0 Å². The smallest absolute Gasteiger partial charge is 0.00100 e. The van der Waals surface area contributed by atoms with Gasteiger partial charge in [-0.2, -0.15) is 0 Å². The molecular formula is C18H28ClN. The molecule has 0 saturated carbocycles. The number of nitrogens with zero attached hydrogens (tertiary/aromatic N) is 1. The Labute approximate surface area is 130 Å². The fraction of sp³-hybridized carbons (Fsp3) is 0.556. The van der Waals surface area contributed by atoms with Crippen LogP contribution in [0.4, 0.5) is 0 Å². The lowest BCUT2D eigenvalue weighted by atomic mass is 9.77. The highest BCUT2D eigenvalue weighted by molar-refractivity contribution is 5.85. The molecule has 20 heavy (non-hydrogen) atoms. The van der Waals surface area contributed by atoms with Crippen molar-refractivity contribution in [3.63, 3.8) is 0 Å². The fourth-order valence-electron chi connectivity index (χ4n) is 3.07. The first kappa shape index (κ1) is 17.3. The van der Waals surface area contributed by atoms with Gasteiger partial charge in [-0.05, 0) is 61.9 Å². The summed E-state index contributed by atoms with van der Waals surface area (Å²) in [5.74, 6) is 0. The van der Waals surface area contributed by atoms with E-state index >= 15 is 0 Å². The minimum atomic E-state index is 0. The van der Waals surface area contributed by atoms with Crippen LogP contribution in [0.5, 0.6) is 0 Å². The van der Waals surface area contributed by atoms with Crippen molar-refractivity contribution < 1.29 is 0 Å². The Morgan fingerprint density at radius 1 is 1.20 bits per heavy atom. The number of rotatable bonds is 3. The molecule has 0 amide bonds. The molecule has 0 saturated heterocycles. The molecule has 0 N–H and O–H groups in total. The maximum Gasteiger partial charge on any atom is 0.00100 e. The summed E-state index contributed by atoms with van der Waals surface area (Å²) in [6.07, 6.45) is 7.43. The van der Waals surface area contributed by atoms with Crippen LogP contribution in [-0.4, -0.2) is 25.5 Å². The quantitative estimate of drug-likeness (QED) is 0.723. The van der Waals surface area contributed by atoms with Gasteiger partial charge in [0.05, 0.1) is 0 Å². The van der Waals surface area contributed by atoms with Gasteiger partial charge in [0.1, 0.15) is 0 Å². The third-order valence-electron chi connectivity index (χ3n) is 4.21. The van der Waals surface area contributed by atoms with Crippen LogP contribution in [0.25, 0.3) is 5.57 Å². The standard InChI is InChI=1S/C18H27N.ClH/c1-18(2)13-7-10-15-9-5-6-11-16(15)17(18)12-8-14-19(3)4;/h5-6,9,11-12H,7-8,10,13-14H2,1-4H3;1H/b17-12+;. The van der Waals surface area contributed by atoms with Crippen molar-refractivity contribution in [1.82, 2.24) is 4.90 Å². The molecule has 1 aliphatic carbocycles. The zero-order valence-corrected chi connectivity index (χ0v) is 14.1. The summed E-state index contributed by atoms with van der Waals surface area (Å²) in [6, 6.07) is 8.97. The van der Waals surface area contributed by atoms with E-state index in [1.165, 1.54) is 30.4 Å². The second kappa shape index (κ2) is 7.28. The van der Waals surface area contributed by atoms with E-state index in [0.29, 0.717) is 5.41 Å². The summed E-state index contributed by atoms with van der Waals surface area (Å²) in [4.78, 5) is 2.26. The van der Waals surface area contributed by atoms with Crippen LogP contribution in [-0.2, 0) is 6.42 Å². The van der Waals surface area contributed by atoms with Crippen LogP contribution < -0.4 is 0 Å². The lowest BCUT2D eigenvalue weighted by Gasteiger charge is -2.27. The molecule has 0 bridgehead atoms. The topological polar surface area (TPSA) is 3.24 Å². The molecule has 0 aromatic heterocycles. The van der Waals surface area contributed by atoms with Crippen LogP contribution in [0.2, 0.25) is 0 Å². The maximum atomic E-state index is 2.48. The van der Waals surface area contributed by atoms with Crippen molar-refractivity contribution in [2.45, 2.75) is 39.5 Å². The highest BCUT2D eigenvalue weighted by Gasteiger charge is 2.27. The van der Waals surface area contributed by atoms with Gasteiger partial charge in [-0.3, -0.25) is 0 Å². The van der Waals surface area contributed by atoms with Gasteiger partial charge in [0.15, 0.2) is 0 Å². The lowest BCUT2D eigenvalue weighted by molar-refractivity contribution is 0.414. The molecule has 0 heterocycles. The van der Waals surface area contributed by atoms with Crippen LogP contribution >= 0.6 is 12.4 Å². The maximum absolute atomic E-state index is 2.48. The Bertz CT molecular complexity index is 460. The molecule has 0 spiro atoms. The summed E-state index contributed by atoms with van der Waals surface area (Å²) in [5.41, 5.74) is 4.88. The van der Waals surface area contributed by atoms with Gasteiger partial charge >= 0.3 is 0 Å². The predicted octanol–water partition coefficient (Wildman–Crippen LogP) is 4.81. The molecule has 0 aliphatic heterocycles. The van der Waals surface area contributed by atoms with Gasteiger partial charge in [0, 0.05) is 6.54 Å². The normalized spacial score (nSPS) is 19.4. The summed E-state index contributed by atoms with van der Waals surface area (Å²) in [5, 5.41) is 0. The summed E-state index contributed by atoms with van der Waals surface area (Å²) < 4.78 is 0. The second-order valence-corrected chi connectivity index (χ2v) is 6.60. The molecule has 2 heteroatoms. The van der Waals surface area contributed by atoms with Gasteiger partial charge < -0.3 is 4.90 Å². The monoisotopic (exact) mass is 293 g/mol. The average molecular weight is 294 g/mol. The molecule has 0 radical (unpaired) electrons. The van der Waals surface area contributed by atoms with E-state index in [-0.39, 0.29) is 12.4 Å². The largest absolute Gasteiger partial charge is 0.309 e. The van der Waals surface area contributed by atoms with Crippen molar-refractivity contribution in [2.75, 3.05) is 20.6 Å². The van der Waals surface area contributed by atoms with Crippen LogP contribution in [0.15, 0.2) is 30.3 Å². The molecule has 1 aliphatic rings. The average Bonchev–Trinajstić information content (AvgIpc) is 2.46. The van der Waals surface area contributed by atoms with Gasteiger partial charge in [-0.25, -0.2) is 0 Å². The Balaban J connectivity index is 0.00000200. The van der Waals surface area contributed by atoms with E-state index in [1.807, 2.05) is 0 Å². The number of allylic oxidation sites excluding steroid dienone is 1. The first-order valence-corrected chi connectivity index (χ1v) is 7.44. The third kappa shape index (κ3) is 4.10. The second-order valence-electron chi connectivity index (χ2n) is 6.60. The van der Waals surface area contributed by atoms with Crippen molar-refractivity contribution >= 4 is 18.0 Å². The zero-order chi connectivity index (χ0) is 13.9. The van der Waals surface area contributed by atoms with Crippen LogP contribution in [0.1, 0.15) is 44.2 Å². The number of halogens is 1. The Hall–Kier alpha value is -0.790. The van der Waals surface area contributed by atoms with E-state index < -0.39 is 0 Å². The summed E-state index contributed by atoms with van der Waals surface area (Å²) >= 11 is 0. The lowest BCUT2D eigenvalue weighted by Crippen LogP contribution is -2.15. The highest BCUT2D eigenvalue weighted by atomic mass is 35.5. The number of benzene rings is 1. The SMILES string of the molecule is CN(C)CC/C=C1\c2ccccc2CCCC1(C)C.Cl. The molecule has 1 nitrogen and oxygen atoms in total. The van der Waals surface area contributed by atoms with E-state index in [9.17, 15) is 0 Å². The van der Waals surface area contributed by atoms with E-state index in [4.69, 9.17) is 0 Å². The third-order valence-corrected chi connectivity index (χ3v) is 4.21. The van der Waals surface area contributed by atoms with E-state index in [0.717, 1.165) is 13.0 Å². The van der Waals surface area contributed by atoms with Gasteiger partial charge in [0.25, 0.3) is 0 Å². The van der Waals surface area contributed by atoms with Crippen molar-refractivity contribution in [2.24, 2.45) is 5.41 Å². The molecule has 2 rings (SSSR count). The molecule has 1 aromatic rings.